The van der Waals surface area contributed by atoms with Crippen LogP contribution in [0.15, 0.2) is 88.8 Å². The lowest BCUT2D eigenvalue weighted by Crippen LogP contribution is -2.42. The number of halogens is 1. The Hall–Kier alpha value is -3.78. The van der Waals surface area contributed by atoms with Crippen LogP contribution in [0.4, 0.5) is 15.8 Å². The minimum absolute atomic E-state index is 0.120. The highest BCUT2D eigenvalue weighted by Gasteiger charge is 2.42. The van der Waals surface area contributed by atoms with E-state index in [9.17, 15) is 14.0 Å². The van der Waals surface area contributed by atoms with Gasteiger partial charge < -0.3 is 5.32 Å². The first-order valence-electron chi connectivity index (χ1n) is 11.4. The number of benzene rings is 3. The predicted octanol–water partition coefficient (Wildman–Crippen LogP) is 5.18. The maximum absolute atomic E-state index is 14.1. The Balaban J connectivity index is 1.43. The molecule has 0 saturated heterocycles. The van der Waals surface area contributed by atoms with Gasteiger partial charge in [-0.25, -0.2) is 14.3 Å². The van der Waals surface area contributed by atoms with Gasteiger partial charge in [-0.15, -0.1) is 0 Å². The number of rotatable bonds is 6. The molecule has 3 aromatic carbocycles. The average molecular weight is 487 g/mol. The minimum Gasteiger partial charge on any atom is -0.323 e. The third-order valence-corrected chi connectivity index (χ3v) is 7.18. The van der Waals surface area contributed by atoms with Crippen molar-refractivity contribution in [3.63, 3.8) is 0 Å². The highest BCUT2D eigenvalue weighted by molar-refractivity contribution is 8.15. The second kappa shape index (κ2) is 9.84. The molecule has 8 heteroatoms. The van der Waals surface area contributed by atoms with Gasteiger partial charge in [-0.1, -0.05) is 73.3 Å². The van der Waals surface area contributed by atoms with Crippen molar-refractivity contribution in [1.29, 1.82) is 0 Å². The van der Waals surface area contributed by atoms with Gasteiger partial charge in [0.25, 0.3) is 5.91 Å². The molecule has 2 amide bonds. The molecule has 176 valence electrons. The lowest BCUT2D eigenvalue weighted by molar-refractivity contribution is -0.124. The van der Waals surface area contributed by atoms with Gasteiger partial charge in [-0.05, 0) is 36.2 Å². The molecule has 0 fully saturated rings. The zero-order chi connectivity index (χ0) is 24.4. The molecule has 2 atom stereocenters. The Kier molecular flexibility index (Phi) is 6.46. The van der Waals surface area contributed by atoms with Crippen molar-refractivity contribution in [3.8, 4) is 0 Å². The number of fused-ring (bicyclic) bond motifs is 3. The summed E-state index contributed by atoms with van der Waals surface area (Å²) in [5.41, 5.74) is 2.62. The fourth-order valence-electron chi connectivity index (χ4n) is 4.08. The molecule has 0 bridgehead atoms. The number of thioether (sulfide) groups is 1. The van der Waals surface area contributed by atoms with E-state index in [0.717, 1.165) is 11.1 Å². The van der Waals surface area contributed by atoms with Crippen molar-refractivity contribution < 1.29 is 14.0 Å². The summed E-state index contributed by atoms with van der Waals surface area (Å²) in [4.78, 5) is 37.5. The molecule has 5 rings (SSSR count). The smallest absolute Gasteiger partial charge is 0.259 e. The van der Waals surface area contributed by atoms with Crippen LogP contribution in [-0.4, -0.2) is 39.0 Å². The van der Waals surface area contributed by atoms with E-state index in [0.29, 0.717) is 29.5 Å². The minimum atomic E-state index is -0.583. The molecule has 3 aromatic rings. The van der Waals surface area contributed by atoms with Crippen LogP contribution in [0.2, 0.25) is 0 Å². The number of hydrogen-bond acceptors (Lipinski definition) is 5. The maximum atomic E-state index is 14.1. The first-order valence-corrected chi connectivity index (χ1v) is 12.3. The van der Waals surface area contributed by atoms with Gasteiger partial charge in [0.15, 0.2) is 5.17 Å². The molecule has 0 unspecified atom stereocenters. The average Bonchev–Trinajstić information content (AvgIpc) is 3.20. The number of carbonyl (C=O) groups is 2. The molecule has 0 saturated carbocycles. The SMILES string of the molecule is CC[C@H](SC1=Nc2ccccc2C2=N[C@H](Cc3ccccc3)C(=O)N12)C(=O)Nc1ccccc1F. The number of aliphatic imine (C=N–C) groups is 2. The van der Waals surface area contributed by atoms with E-state index in [1.165, 1.54) is 28.8 Å². The van der Waals surface area contributed by atoms with E-state index in [1.807, 2.05) is 61.5 Å². The van der Waals surface area contributed by atoms with Crippen LogP contribution >= 0.6 is 11.8 Å². The van der Waals surface area contributed by atoms with Gasteiger partial charge in [0.1, 0.15) is 17.7 Å². The van der Waals surface area contributed by atoms with Gasteiger partial charge in [0.2, 0.25) is 5.91 Å². The van der Waals surface area contributed by atoms with Crippen LogP contribution in [0.25, 0.3) is 0 Å². The molecule has 0 aromatic heterocycles. The Morgan fingerprint density at radius 1 is 1.06 bits per heavy atom. The van der Waals surface area contributed by atoms with Crippen molar-refractivity contribution >= 4 is 46.0 Å². The zero-order valence-electron chi connectivity index (χ0n) is 19.0. The molecule has 2 heterocycles. The first kappa shape index (κ1) is 23.0. The standard InChI is InChI=1S/C27H23FN4O2S/c1-2-23(25(33)30-21-15-9-7-13-19(21)28)35-27-31-20-14-8-6-12-18(20)24-29-22(26(34)32(24)27)16-17-10-4-3-5-11-17/h3-15,22-23H,2,16H2,1H3,(H,30,33)/t22-,23+/m1/s1. The topological polar surface area (TPSA) is 74.1 Å². The lowest BCUT2D eigenvalue weighted by Gasteiger charge is -2.27. The predicted molar refractivity (Wildman–Crippen MR) is 138 cm³/mol. The van der Waals surface area contributed by atoms with Crippen molar-refractivity contribution in [3.05, 3.63) is 95.8 Å². The molecule has 0 aliphatic carbocycles. The number of para-hydroxylation sites is 2. The number of nitrogens with zero attached hydrogens (tertiary/aromatic N) is 3. The number of anilines is 1. The van der Waals surface area contributed by atoms with Gasteiger partial charge >= 0.3 is 0 Å². The van der Waals surface area contributed by atoms with E-state index in [2.05, 4.69) is 5.32 Å². The number of nitrogens with one attached hydrogen (secondary N) is 1. The number of amides is 2. The summed E-state index contributed by atoms with van der Waals surface area (Å²) in [5.74, 6) is -0.477. The molecule has 35 heavy (non-hydrogen) atoms. The molecule has 2 aliphatic heterocycles. The van der Waals surface area contributed by atoms with E-state index < -0.39 is 17.1 Å². The first-order chi connectivity index (χ1) is 17.0. The highest BCUT2D eigenvalue weighted by atomic mass is 32.2. The number of carbonyl (C=O) groups excluding carboxylic acids is 2. The van der Waals surface area contributed by atoms with Crippen molar-refractivity contribution in [2.75, 3.05) is 5.32 Å². The molecule has 0 spiro atoms. The molecular formula is C27H23FN4O2S. The molecule has 0 radical (unpaired) electrons. The number of hydrogen-bond donors (Lipinski definition) is 1. The summed E-state index contributed by atoms with van der Waals surface area (Å²) in [6.45, 7) is 1.87. The maximum Gasteiger partial charge on any atom is 0.259 e. The molecular weight excluding hydrogens is 463 g/mol. The second-order valence-electron chi connectivity index (χ2n) is 8.23. The third-order valence-electron chi connectivity index (χ3n) is 5.86. The van der Waals surface area contributed by atoms with Crippen LogP contribution in [0.3, 0.4) is 0 Å². The zero-order valence-corrected chi connectivity index (χ0v) is 19.8. The summed E-state index contributed by atoms with van der Waals surface area (Å²) in [5, 5.41) is 2.48. The van der Waals surface area contributed by atoms with Crippen LogP contribution in [0, 0.1) is 5.82 Å². The highest BCUT2D eigenvalue weighted by Crippen LogP contribution is 2.36. The largest absolute Gasteiger partial charge is 0.323 e. The van der Waals surface area contributed by atoms with E-state index in [4.69, 9.17) is 9.98 Å². The summed E-state index contributed by atoms with van der Waals surface area (Å²) < 4.78 is 14.1. The summed E-state index contributed by atoms with van der Waals surface area (Å²) in [6, 6.07) is 22.8. The van der Waals surface area contributed by atoms with Crippen LogP contribution in [0.5, 0.6) is 0 Å². The monoisotopic (exact) mass is 486 g/mol. The van der Waals surface area contributed by atoms with Crippen LogP contribution < -0.4 is 5.32 Å². The summed E-state index contributed by atoms with van der Waals surface area (Å²) in [6.07, 6.45) is 0.943. The van der Waals surface area contributed by atoms with Gasteiger partial charge in [-0.3, -0.25) is 14.6 Å². The Labute approximate surface area is 207 Å². The molecule has 6 nitrogen and oxygen atoms in total. The fraction of sp³-hybridized carbons (Fsp3) is 0.185. The van der Waals surface area contributed by atoms with Crippen molar-refractivity contribution in [2.24, 2.45) is 9.98 Å². The Bertz CT molecular complexity index is 1340. The van der Waals surface area contributed by atoms with E-state index >= 15 is 0 Å². The van der Waals surface area contributed by atoms with E-state index in [-0.39, 0.29) is 17.5 Å². The van der Waals surface area contributed by atoms with Crippen molar-refractivity contribution in [2.45, 2.75) is 31.1 Å². The fourth-order valence-corrected chi connectivity index (χ4v) is 5.10. The van der Waals surface area contributed by atoms with Gasteiger partial charge in [-0.2, -0.15) is 0 Å². The number of amidine groups is 2. The van der Waals surface area contributed by atoms with Gasteiger partial charge in [0.05, 0.1) is 16.6 Å². The molecule has 2 aliphatic rings. The normalized spacial score (nSPS) is 17.3. The third kappa shape index (κ3) is 4.61. The Morgan fingerprint density at radius 3 is 2.54 bits per heavy atom. The van der Waals surface area contributed by atoms with Crippen LogP contribution in [0.1, 0.15) is 24.5 Å². The summed E-state index contributed by atoms with van der Waals surface area (Å²) >= 11 is 1.19. The van der Waals surface area contributed by atoms with Gasteiger partial charge in [0, 0.05) is 12.0 Å². The molecule has 1 N–H and O–H groups in total. The van der Waals surface area contributed by atoms with Crippen LogP contribution in [-0.2, 0) is 16.0 Å². The second-order valence-corrected chi connectivity index (χ2v) is 9.40. The quantitative estimate of drug-likeness (QED) is 0.522. The van der Waals surface area contributed by atoms with E-state index in [1.54, 1.807) is 12.1 Å². The Morgan fingerprint density at radius 2 is 1.77 bits per heavy atom. The lowest BCUT2D eigenvalue weighted by atomic mass is 10.1. The van der Waals surface area contributed by atoms with Crippen molar-refractivity contribution in [1.82, 2.24) is 4.90 Å². The summed E-state index contributed by atoms with van der Waals surface area (Å²) in [7, 11) is 0.